The molecule has 144 valence electrons. The molecule has 0 fully saturated rings. The number of nitrogens with zero attached hydrogens (tertiary/aromatic N) is 2. The van der Waals surface area contributed by atoms with Gasteiger partial charge in [0.15, 0.2) is 0 Å². The lowest BCUT2D eigenvalue weighted by atomic mass is 10.0. The highest BCUT2D eigenvalue weighted by Crippen LogP contribution is 2.24. The minimum absolute atomic E-state index is 0.0411. The van der Waals surface area contributed by atoms with Crippen molar-refractivity contribution < 1.29 is 9.72 Å². The van der Waals surface area contributed by atoms with Crippen molar-refractivity contribution in [3.8, 4) is 0 Å². The van der Waals surface area contributed by atoms with E-state index in [1.54, 1.807) is 18.3 Å². The smallest absolute Gasteiger partial charge is 0.269 e. The fourth-order valence-corrected chi connectivity index (χ4v) is 3.94. The Bertz CT molecular complexity index is 1150. The van der Waals surface area contributed by atoms with E-state index in [0.29, 0.717) is 12.0 Å². The number of rotatable bonds is 6. The number of aromatic nitrogens is 1. The summed E-state index contributed by atoms with van der Waals surface area (Å²) in [4.78, 5) is 27.9. The van der Waals surface area contributed by atoms with E-state index in [1.165, 1.54) is 23.5 Å². The van der Waals surface area contributed by atoms with Gasteiger partial charge in [-0.15, -0.1) is 11.3 Å². The van der Waals surface area contributed by atoms with E-state index < -0.39 is 4.92 Å². The van der Waals surface area contributed by atoms with Gasteiger partial charge in [0, 0.05) is 29.3 Å². The molecule has 1 aromatic heterocycles. The lowest BCUT2D eigenvalue weighted by Crippen LogP contribution is -2.30. The van der Waals surface area contributed by atoms with Crippen LogP contribution in [0, 0.1) is 10.1 Å². The minimum atomic E-state index is -0.426. The van der Waals surface area contributed by atoms with Crippen LogP contribution in [0.5, 0.6) is 0 Å². The Labute approximate surface area is 171 Å². The number of carbonyl (C=O) groups is 1. The van der Waals surface area contributed by atoms with Gasteiger partial charge in [0.1, 0.15) is 5.01 Å². The van der Waals surface area contributed by atoms with Crippen LogP contribution in [0.1, 0.15) is 27.0 Å². The van der Waals surface area contributed by atoms with Crippen LogP contribution >= 0.6 is 11.3 Å². The number of non-ortho nitro benzene ring substituents is 1. The second-order valence-corrected chi connectivity index (χ2v) is 7.48. The molecule has 0 saturated heterocycles. The van der Waals surface area contributed by atoms with Gasteiger partial charge in [-0.05, 0) is 28.8 Å². The fourth-order valence-electron chi connectivity index (χ4n) is 3.26. The van der Waals surface area contributed by atoms with Crippen LogP contribution in [-0.4, -0.2) is 15.8 Å². The van der Waals surface area contributed by atoms with Gasteiger partial charge in [-0.3, -0.25) is 14.9 Å². The van der Waals surface area contributed by atoms with E-state index in [0.717, 1.165) is 21.3 Å². The Kier molecular flexibility index (Phi) is 5.31. The van der Waals surface area contributed by atoms with Crippen molar-refractivity contribution in [1.82, 2.24) is 10.3 Å². The molecule has 0 saturated carbocycles. The standard InChI is InChI=1S/C22H17N3O3S/c26-21(19-7-3-5-16-4-1-2-6-18(16)19)24-20(22-23-12-13-29-22)14-15-8-10-17(11-9-15)25(27)28/h1-13,20H,14H2,(H,24,26)/t20-/m1/s1. The van der Waals surface area contributed by atoms with Gasteiger partial charge in [-0.25, -0.2) is 4.98 Å². The van der Waals surface area contributed by atoms with Gasteiger partial charge in [0.2, 0.25) is 0 Å². The SMILES string of the molecule is O=C(N[C@H](Cc1ccc([N+](=O)[O-])cc1)c1nccs1)c1cccc2ccccc12. The predicted molar refractivity (Wildman–Crippen MR) is 113 cm³/mol. The second-order valence-electron chi connectivity index (χ2n) is 6.55. The van der Waals surface area contributed by atoms with E-state index in [9.17, 15) is 14.9 Å². The van der Waals surface area contributed by atoms with Crippen LogP contribution in [-0.2, 0) is 6.42 Å². The molecule has 3 aromatic carbocycles. The molecule has 1 heterocycles. The molecule has 1 N–H and O–H groups in total. The number of thiazole rings is 1. The van der Waals surface area contributed by atoms with Gasteiger partial charge in [0.05, 0.1) is 11.0 Å². The number of benzene rings is 3. The van der Waals surface area contributed by atoms with Crippen molar-refractivity contribution in [3.63, 3.8) is 0 Å². The molecule has 6 nitrogen and oxygen atoms in total. The fraction of sp³-hybridized carbons (Fsp3) is 0.0909. The molecular weight excluding hydrogens is 386 g/mol. The monoisotopic (exact) mass is 403 g/mol. The summed E-state index contributed by atoms with van der Waals surface area (Å²) in [5.74, 6) is -0.177. The average Bonchev–Trinajstić information content (AvgIpc) is 3.28. The molecule has 0 unspecified atom stereocenters. The molecule has 4 aromatic rings. The second kappa shape index (κ2) is 8.20. The maximum Gasteiger partial charge on any atom is 0.269 e. The molecule has 4 rings (SSSR count). The summed E-state index contributed by atoms with van der Waals surface area (Å²) in [5.41, 5.74) is 1.53. The Hall–Kier alpha value is -3.58. The number of hydrogen-bond donors (Lipinski definition) is 1. The summed E-state index contributed by atoms with van der Waals surface area (Å²) in [7, 11) is 0. The van der Waals surface area contributed by atoms with Crippen molar-refractivity contribution in [2.75, 3.05) is 0 Å². The van der Waals surface area contributed by atoms with Gasteiger partial charge >= 0.3 is 0 Å². The highest BCUT2D eigenvalue weighted by atomic mass is 32.1. The summed E-state index contributed by atoms with van der Waals surface area (Å²) in [6.45, 7) is 0. The highest BCUT2D eigenvalue weighted by molar-refractivity contribution is 7.09. The lowest BCUT2D eigenvalue weighted by molar-refractivity contribution is -0.384. The van der Waals surface area contributed by atoms with Crippen LogP contribution in [0.3, 0.4) is 0 Å². The predicted octanol–water partition coefficient (Wildman–Crippen LogP) is 4.92. The van der Waals surface area contributed by atoms with E-state index in [-0.39, 0.29) is 17.6 Å². The third kappa shape index (κ3) is 4.14. The van der Waals surface area contributed by atoms with E-state index in [4.69, 9.17) is 0 Å². The third-order valence-electron chi connectivity index (χ3n) is 4.68. The van der Waals surface area contributed by atoms with Gasteiger partial charge in [-0.2, -0.15) is 0 Å². The molecule has 29 heavy (non-hydrogen) atoms. The van der Waals surface area contributed by atoms with Crippen LogP contribution in [0.25, 0.3) is 10.8 Å². The van der Waals surface area contributed by atoms with Gasteiger partial charge in [0.25, 0.3) is 11.6 Å². The van der Waals surface area contributed by atoms with Crippen LogP contribution in [0.4, 0.5) is 5.69 Å². The van der Waals surface area contributed by atoms with Crippen molar-refractivity contribution in [2.45, 2.75) is 12.5 Å². The van der Waals surface area contributed by atoms with Crippen molar-refractivity contribution in [1.29, 1.82) is 0 Å². The molecule has 0 radical (unpaired) electrons. The van der Waals surface area contributed by atoms with Crippen molar-refractivity contribution in [3.05, 3.63) is 105 Å². The Morgan fingerprint density at radius 2 is 1.83 bits per heavy atom. The van der Waals surface area contributed by atoms with E-state index in [2.05, 4.69) is 10.3 Å². The number of fused-ring (bicyclic) bond motifs is 1. The number of nitro groups is 1. The zero-order valence-corrected chi connectivity index (χ0v) is 16.1. The number of amides is 1. The summed E-state index contributed by atoms with van der Waals surface area (Å²) in [6.07, 6.45) is 2.19. The number of hydrogen-bond acceptors (Lipinski definition) is 5. The maximum absolute atomic E-state index is 13.1. The van der Waals surface area contributed by atoms with Crippen LogP contribution in [0.15, 0.2) is 78.3 Å². The number of nitro benzene ring substituents is 1. The average molecular weight is 403 g/mol. The molecule has 0 aliphatic carbocycles. The Morgan fingerprint density at radius 1 is 1.07 bits per heavy atom. The van der Waals surface area contributed by atoms with Gasteiger partial charge in [-0.1, -0.05) is 48.5 Å². The summed E-state index contributed by atoms with van der Waals surface area (Å²) < 4.78 is 0. The Balaban J connectivity index is 1.61. The first kappa shape index (κ1) is 18.8. The molecule has 0 bridgehead atoms. The zero-order valence-electron chi connectivity index (χ0n) is 15.3. The van der Waals surface area contributed by atoms with Crippen LogP contribution < -0.4 is 5.32 Å². The molecule has 1 amide bonds. The highest BCUT2D eigenvalue weighted by Gasteiger charge is 2.20. The van der Waals surface area contributed by atoms with Crippen LogP contribution in [0.2, 0.25) is 0 Å². The molecule has 0 aliphatic heterocycles. The normalized spacial score (nSPS) is 11.9. The largest absolute Gasteiger partial charge is 0.342 e. The molecular formula is C22H17N3O3S. The van der Waals surface area contributed by atoms with Crippen molar-refractivity contribution in [2.24, 2.45) is 0 Å². The van der Waals surface area contributed by atoms with Gasteiger partial charge < -0.3 is 5.32 Å². The summed E-state index contributed by atoms with van der Waals surface area (Å²) in [5, 5.41) is 18.5. The maximum atomic E-state index is 13.1. The zero-order chi connectivity index (χ0) is 20.2. The molecule has 0 spiro atoms. The van der Waals surface area contributed by atoms with E-state index in [1.807, 2.05) is 47.8 Å². The molecule has 1 atom stereocenters. The summed E-state index contributed by atoms with van der Waals surface area (Å²) >= 11 is 1.47. The molecule has 0 aliphatic rings. The third-order valence-corrected chi connectivity index (χ3v) is 5.57. The lowest BCUT2D eigenvalue weighted by Gasteiger charge is -2.17. The van der Waals surface area contributed by atoms with Crippen molar-refractivity contribution >= 4 is 33.7 Å². The first-order valence-corrected chi connectivity index (χ1v) is 9.91. The molecule has 7 heteroatoms. The topological polar surface area (TPSA) is 85.1 Å². The first-order chi connectivity index (χ1) is 14.1. The number of nitrogens with one attached hydrogen (secondary N) is 1. The first-order valence-electron chi connectivity index (χ1n) is 9.03. The minimum Gasteiger partial charge on any atom is -0.342 e. The Morgan fingerprint density at radius 3 is 2.55 bits per heavy atom. The number of carbonyl (C=O) groups excluding carboxylic acids is 1. The summed E-state index contributed by atoms with van der Waals surface area (Å²) in [6, 6.07) is 19.4. The quantitative estimate of drug-likeness (QED) is 0.366. The van der Waals surface area contributed by atoms with E-state index >= 15 is 0 Å².